The van der Waals surface area contributed by atoms with Gasteiger partial charge in [-0.05, 0) is 32.1 Å². The van der Waals surface area contributed by atoms with Gasteiger partial charge in [0.2, 0.25) is 5.91 Å². The number of anilines is 1. The zero-order chi connectivity index (χ0) is 14.9. The van der Waals surface area contributed by atoms with Crippen molar-refractivity contribution in [2.75, 3.05) is 26.0 Å². The molecule has 0 fully saturated rings. The van der Waals surface area contributed by atoms with Crippen LogP contribution in [0.3, 0.4) is 0 Å². The van der Waals surface area contributed by atoms with Crippen LogP contribution in [0.4, 0.5) is 10.1 Å². The maximum Gasteiger partial charge on any atom is 0.246 e. The van der Waals surface area contributed by atoms with E-state index in [1.807, 2.05) is 14.1 Å². The second kappa shape index (κ2) is 5.89. The Kier molecular flexibility index (Phi) is 4.40. The number of nitrogens with one attached hydrogen (secondary N) is 2. The van der Waals surface area contributed by atoms with E-state index in [9.17, 15) is 9.18 Å². The highest BCUT2D eigenvalue weighted by Gasteiger charge is 2.31. The van der Waals surface area contributed by atoms with Crippen LogP contribution in [0, 0.1) is 11.7 Å². The number of fused-ring (bicyclic) bond motifs is 1. The van der Waals surface area contributed by atoms with Crippen molar-refractivity contribution in [2.24, 2.45) is 5.92 Å². The predicted octanol–water partition coefficient (Wildman–Crippen LogP) is 1.99. The molecule has 1 heterocycles. The third-order valence-corrected chi connectivity index (χ3v) is 3.81. The summed E-state index contributed by atoms with van der Waals surface area (Å²) in [6.45, 7) is 5.02. The van der Waals surface area contributed by atoms with E-state index >= 15 is 0 Å². The van der Waals surface area contributed by atoms with Gasteiger partial charge in [-0.25, -0.2) is 4.39 Å². The van der Waals surface area contributed by atoms with E-state index in [0.717, 1.165) is 5.56 Å². The van der Waals surface area contributed by atoms with Crippen LogP contribution < -0.4 is 10.6 Å². The smallest absolute Gasteiger partial charge is 0.246 e. The third-order valence-electron chi connectivity index (χ3n) is 3.81. The molecular formula is C15H22FN3O. The number of nitrogens with zero attached hydrogens (tertiary/aromatic N) is 1. The third kappa shape index (κ3) is 2.99. The molecule has 1 aliphatic rings. The van der Waals surface area contributed by atoms with Crippen molar-refractivity contribution in [2.45, 2.75) is 25.9 Å². The summed E-state index contributed by atoms with van der Waals surface area (Å²) in [6.07, 6.45) is 0. The number of benzene rings is 1. The monoisotopic (exact) mass is 279 g/mol. The van der Waals surface area contributed by atoms with Crippen LogP contribution in [-0.4, -0.2) is 37.5 Å². The fraction of sp³-hybridized carbons (Fsp3) is 0.533. The number of hydrogen-bond donors (Lipinski definition) is 2. The van der Waals surface area contributed by atoms with Crippen LogP contribution in [0.2, 0.25) is 0 Å². The molecule has 20 heavy (non-hydrogen) atoms. The molecule has 110 valence electrons. The number of amides is 1. The van der Waals surface area contributed by atoms with Gasteiger partial charge in [-0.15, -0.1) is 0 Å². The fourth-order valence-electron chi connectivity index (χ4n) is 2.69. The lowest BCUT2D eigenvalue weighted by molar-refractivity contribution is -0.117. The van der Waals surface area contributed by atoms with E-state index < -0.39 is 6.04 Å². The molecule has 0 radical (unpaired) electrons. The molecule has 0 spiro atoms. The molecule has 0 aliphatic carbocycles. The van der Waals surface area contributed by atoms with Crippen molar-refractivity contribution in [3.05, 3.63) is 29.6 Å². The molecule has 5 heteroatoms. The summed E-state index contributed by atoms with van der Waals surface area (Å²) < 4.78 is 13.2. The van der Waals surface area contributed by atoms with Gasteiger partial charge >= 0.3 is 0 Å². The molecule has 1 aromatic carbocycles. The summed E-state index contributed by atoms with van der Waals surface area (Å²) >= 11 is 0. The fourth-order valence-corrected chi connectivity index (χ4v) is 2.69. The molecule has 0 aromatic heterocycles. The molecule has 4 nitrogen and oxygen atoms in total. The van der Waals surface area contributed by atoms with Gasteiger partial charge < -0.3 is 15.5 Å². The van der Waals surface area contributed by atoms with Gasteiger partial charge in [0.15, 0.2) is 0 Å². The lowest BCUT2D eigenvalue weighted by atomic mass is 10.0. The molecule has 1 amide bonds. The molecule has 0 saturated heterocycles. The minimum absolute atomic E-state index is 0.119. The van der Waals surface area contributed by atoms with Gasteiger partial charge in [-0.1, -0.05) is 19.9 Å². The lowest BCUT2D eigenvalue weighted by Gasteiger charge is -2.29. The second-order valence-electron chi connectivity index (χ2n) is 5.84. The predicted molar refractivity (Wildman–Crippen MR) is 78.1 cm³/mol. The quantitative estimate of drug-likeness (QED) is 0.866. The van der Waals surface area contributed by atoms with E-state index in [1.54, 1.807) is 6.07 Å². The van der Waals surface area contributed by atoms with E-state index in [1.165, 1.54) is 12.1 Å². The van der Waals surface area contributed by atoms with Crippen LogP contribution in [0.5, 0.6) is 0 Å². The molecule has 0 bridgehead atoms. The first-order valence-corrected chi connectivity index (χ1v) is 6.90. The molecular weight excluding hydrogens is 257 g/mol. The van der Waals surface area contributed by atoms with Crippen LogP contribution in [0.25, 0.3) is 0 Å². The first-order valence-electron chi connectivity index (χ1n) is 6.90. The average molecular weight is 279 g/mol. The molecule has 2 unspecified atom stereocenters. The van der Waals surface area contributed by atoms with Crippen LogP contribution >= 0.6 is 0 Å². The average Bonchev–Trinajstić information content (AvgIpc) is 2.64. The molecule has 1 aromatic rings. The van der Waals surface area contributed by atoms with Gasteiger partial charge in [0.25, 0.3) is 0 Å². The molecule has 1 aliphatic heterocycles. The Labute approximate surface area is 119 Å². The summed E-state index contributed by atoms with van der Waals surface area (Å²) in [4.78, 5) is 14.1. The van der Waals surface area contributed by atoms with Crippen molar-refractivity contribution in [1.29, 1.82) is 0 Å². The lowest BCUT2D eigenvalue weighted by Crippen LogP contribution is -2.43. The normalized spacial score (nSPS) is 19.4. The first kappa shape index (κ1) is 14.9. The van der Waals surface area contributed by atoms with Gasteiger partial charge in [-0.3, -0.25) is 4.79 Å². The Bertz CT molecular complexity index is 494. The summed E-state index contributed by atoms with van der Waals surface area (Å²) in [6, 6.07) is 4.36. The van der Waals surface area contributed by atoms with Crippen LogP contribution in [-0.2, 0) is 4.79 Å². The summed E-state index contributed by atoms with van der Waals surface area (Å²) in [5.74, 6) is 0.0274. The van der Waals surface area contributed by atoms with Gasteiger partial charge in [0.05, 0.1) is 0 Å². The van der Waals surface area contributed by atoms with Gasteiger partial charge in [0, 0.05) is 23.8 Å². The molecule has 2 rings (SSSR count). The minimum atomic E-state index is -0.396. The first-order chi connectivity index (χ1) is 9.40. The van der Waals surface area contributed by atoms with Crippen molar-refractivity contribution in [3.8, 4) is 0 Å². The van der Waals surface area contributed by atoms with Crippen molar-refractivity contribution < 1.29 is 9.18 Å². The van der Waals surface area contributed by atoms with E-state index in [0.29, 0.717) is 24.2 Å². The number of likely N-dealkylation sites (N-methyl/N-ethyl adjacent to an activating group) is 1. The summed E-state index contributed by atoms with van der Waals surface area (Å²) in [7, 11) is 4.06. The highest BCUT2D eigenvalue weighted by atomic mass is 19.1. The van der Waals surface area contributed by atoms with E-state index in [2.05, 4.69) is 29.4 Å². The SMILES string of the molecule is CC(C)C(CNC1C(=O)Nc2cc(F)ccc21)N(C)C. The van der Waals surface area contributed by atoms with Crippen molar-refractivity contribution in [1.82, 2.24) is 10.2 Å². The standard InChI is InChI=1S/C15H22FN3O/c1-9(2)13(19(3)4)8-17-14-11-6-5-10(16)7-12(11)18-15(14)20/h5-7,9,13-14,17H,8H2,1-4H3,(H,18,20). The summed E-state index contributed by atoms with van der Waals surface area (Å²) in [5, 5.41) is 6.01. The highest BCUT2D eigenvalue weighted by Crippen LogP contribution is 2.31. The Morgan fingerprint density at radius 3 is 2.70 bits per heavy atom. The highest BCUT2D eigenvalue weighted by molar-refractivity contribution is 6.02. The van der Waals surface area contributed by atoms with Gasteiger partial charge in [-0.2, -0.15) is 0 Å². The molecule has 2 N–H and O–H groups in total. The van der Waals surface area contributed by atoms with E-state index in [4.69, 9.17) is 0 Å². The Morgan fingerprint density at radius 1 is 1.40 bits per heavy atom. The maximum atomic E-state index is 13.2. The minimum Gasteiger partial charge on any atom is -0.324 e. The molecule has 0 saturated carbocycles. The number of hydrogen-bond acceptors (Lipinski definition) is 3. The summed E-state index contributed by atoms with van der Waals surface area (Å²) in [5.41, 5.74) is 1.39. The van der Waals surface area contributed by atoms with Crippen LogP contribution in [0.1, 0.15) is 25.5 Å². The zero-order valence-corrected chi connectivity index (χ0v) is 12.4. The number of carbonyl (C=O) groups excluding carboxylic acids is 1. The van der Waals surface area contributed by atoms with Gasteiger partial charge in [0.1, 0.15) is 11.9 Å². The topological polar surface area (TPSA) is 44.4 Å². The number of carbonyl (C=O) groups is 1. The maximum absolute atomic E-state index is 13.2. The van der Waals surface area contributed by atoms with E-state index in [-0.39, 0.29) is 11.7 Å². The number of halogens is 1. The molecule has 2 atom stereocenters. The van der Waals surface area contributed by atoms with Crippen molar-refractivity contribution in [3.63, 3.8) is 0 Å². The Hall–Kier alpha value is -1.46. The zero-order valence-electron chi connectivity index (χ0n) is 12.4. The second-order valence-corrected chi connectivity index (χ2v) is 5.84. The van der Waals surface area contributed by atoms with Crippen molar-refractivity contribution >= 4 is 11.6 Å². The Balaban J connectivity index is 2.09. The van der Waals surface area contributed by atoms with Crippen LogP contribution in [0.15, 0.2) is 18.2 Å². The Morgan fingerprint density at radius 2 is 2.10 bits per heavy atom. The number of rotatable bonds is 5. The largest absolute Gasteiger partial charge is 0.324 e.